The van der Waals surface area contributed by atoms with Gasteiger partial charge in [-0.15, -0.1) is 11.3 Å². The fourth-order valence-corrected chi connectivity index (χ4v) is 4.01. The lowest BCUT2D eigenvalue weighted by atomic mass is 9.98. The van der Waals surface area contributed by atoms with Crippen molar-refractivity contribution < 1.29 is 9.32 Å². The van der Waals surface area contributed by atoms with Gasteiger partial charge in [-0.05, 0) is 6.42 Å². The molecule has 1 amide bonds. The molecule has 27 heavy (non-hydrogen) atoms. The lowest BCUT2D eigenvalue weighted by Gasteiger charge is -2.20. The molecule has 0 bridgehead atoms. The van der Waals surface area contributed by atoms with E-state index in [1.54, 1.807) is 17.4 Å². The van der Waals surface area contributed by atoms with Crippen LogP contribution in [0, 0.1) is 0 Å². The Morgan fingerprint density at radius 1 is 1.26 bits per heavy atom. The molecule has 1 fully saturated rings. The molecular weight excluding hydrogens is 360 g/mol. The molecule has 0 aliphatic carbocycles. The lowest BCUT2D eigenvalue weighted by molar-refractivity contribution is 0.0750. The van der Waals surface area contributed by atoms with Crippen LogP contribution in [0.25, 0.3) is 0 Å². The van der Waals surface area contributed by atoms with Crippen LogP contribution in [-0.4, -0.2) is 52.0 Å². The molecule has 0 unspecified atom stereocenters. The van der Waals surface area contributed by atoms with Crippen molar-refractivity contribution in [1.82, 2.24) is 19.9 Å². The first-order valence-electron chi connectivity index (χ1n) is 9.67. The molecule has 2 aromatic heterocycles. The van der Waals surface area contributed by atoms with E-state index >= 15 is 0 Å². The highest BCUT2D eigenvalue weighted by Crippen LogP contribution is 2.26. The van der Waals surface area contributed by atoms with Gasteiger partial charge < -0.3 is 9.42 Å². The standard InChI is InChI=1S/C20H30N4O2S/c1-14(2)17-11-16(22-26-17)18(25)24-8-6-7-23(9-10-24)12-15-13-27-19(21-15)20(3,4)5/h11,13-14H,6-10,12H2,1-5H3. The van der Waals surface area contributed by atoms with Gasteiger partial charge in [0, 0.05) is 55.5 Å². The smallest absolute Gasteiger partial charge is 0.276 e. The van der Waals surface area contributed by atoms with Gasteiger partial charge in [0.2, 0.25) is 0 Å². The van der Waals surface area contributed by atoms with Crippen LogP contribution in [0.5, 0.6) is 0 Å². The topological polar surface area (TPSA) is 62.5 Å². The molecule has 1 saturated heterocycles. The first-order chi connectivity index (χ1) is 12.7. The second-order valence-electron chi connectivity index (χ2n) is 8.59. The Bertz CT molecular complexity index is 775. The van der Waals surface area contributed by atoms with E-state index in [4.69, 9.17) is 9.51 Å². The van der Waals surface area contributed by atoms with E-state index in [0.717, 1.165) is 44.1 Å². The maximum Gasteiger partial charge on any atom is 0.276 e. The van der Waals surface area contributed by atoms with E-state index in [1.165, 1.54) is 5.01 Å². The normalized spacial score (nSPS) is 16.7. The van der Waals surface area contributed by atoms with Crippen LogP contribution in [0.4, 0.5) is 0 Å². The molecule has 0 N–H and O–H groups in total. The third-order valence-electron chi connectivity index (χ3n) is 4.77. The third-order valence-corrected chi connectivity index (χ3v) is 6.09. The quantitative estimate of drug-likeness (QED) is 0.792. The zero-order valence-electron chi connectivity index (χ0n) is 17.0. The molecule has 0 radical (unpaired) electrons. The molecule has 0 spiro atoms. The molecule has 2 aromatic rings. The van der Waals surface area contributed by atoms with Gasteiger partial charge >= 0.3 is 0 Å². The zero-order valence-corrected chi connectivity index (χ0v) is 17.8. The maximum atomic E-state index is 12.7. The van der Waals surface area contributed by atoms with Gasteiger partial charge in [0.05, 0.1) is 10.7 Å². The van der Waals surface area contributed by atoms with Crippen LogP contribution in [0.1, 0.15) is 73.9 Å². The summed E-state index contributed by atoms with van der Waals surface area (Å²) in [5.74, 6) is 0.957. The molecule has 6 nitrogen and oxygen atoms in total. The molecule has 7 heteroatoms. The second-order valence-corrected chi connectivity index (χ2v) is 9.44. The predicted molar refractivity (Wildman–Crippen MR) is 107 cm³/mol. The number of aromatic nitrogens is 2. The minimum atomic E-state index is -0.0313. The second kappa shape index (κ2) is 8.10. The van der Waals surface area contributed by atoms with Crippen molar-refractivity contribution in [3.8, 4) is 0 Å². The summed E-state index contributed by atoms with van der Waals surface area (Å²) in [4.78, 5) is 21.8. The highest BCUT2D eigenvalue weighted by atomic mass is 32.1. The van der Waals surface area contributed by atoms with Gasteiger partial charge in [0.15, 0.2) is 5.69 Å². The number of thiazole rings is 1. The number of hydrogen-bond acceptors (Lipinski definition) is 6. The Kier molecular flexibility index (Phi) is 6.01. The molecule has 148 valence electrons. The Balaban J connectivity index is 1.58. The average Bonchev–Trinajstić information content (AvgIpc) is 3.20. The average molecular weight is 391 g/mol. The van der Waals surface area contributed by atoms with Crippen molar-refractivity contribution in [3.63, 3.8) is 0 Å². The molecule has 0 atom stereocenters. The Morgan fingerprint density at radius 3 is 2.67 bits per heavy atom. The van der Waals surface area contributed by atoms with Crippen LogP contribution in [-0.2, 0) is 12.0 Å². The van der Waals surface area contributed by atoms with E-state index in [1.807, 2.05) is 18.7 Å². The Morgan fingerprint density at radius 2 is 2.04 bits per heavy atom. The molecule has 0 aromatic carbocycles. The molecule has 0 saturated carbocycles. The summed E-state index contributed by atoms with van der Waals surface area (Å²) >= 11 is 1.74. The van der Waals surface area contributed by atoms with Crippen molar-refractivity contribution in [2.45, 2.75) is 58.9 Å². The highest BCUT2D eigenvalue weighted by Gasteiger charge is 2.24. The van der Waals surface area contributed by atoms with E-state index in [-0.39, 0.29) is 17.2 Å². The number of nitrogens with zero attached hydrogens (tertiary/aromatic N) is 4. The summed E-state index contributed by atoms with van der Waals surface area (Å²) in [6, 6.07) is 1.78. The van der Waals surface area contributed by atoms with Crippen molar-refractivity contribution in [2.75, 3.05) is 26.2 Å². The molecular formula is C20H30N4O2S. The van der Waals surface area contributed by atoms with Gasteiger partial charge in [-0.1, -0.05) is 39.8 Å². The van der Waals surface area contributed by atoms with Crippen LogP contribution in [0.15, 0.2) is 16.0 Å². The third kappa shape index (κ3) is 4.96. The molecule has 3 rings (SSSR count). The van der Waals surface area contributed by atoms with Crippen molar-refractivity contribution in [3.05, 3.63) is 33.6 Å². The van der Waals surface area contributed by atoms with Crippen LogP contribution >= 0.6 is 11.3 Å². The van der Waals surface area contributed by atoms with E-state index in [9.17, 15) is 4.79 Å². The number of rotatable bonds is 4. The fraction of sp³-hybridized carbons (Fsp3) is 0.650. The zero-order chi connectivity index (χ0) is 19.6. The maximum absolute atomic E-state index is 12.7. The summed E-state index contributed by atoms with van der Waals surface area (Å²) in [5, 5.41) is 7.31. The van der Waals surface area contributed by atoms with Gasteiger partial charge in [0.25, 0.3) is 5.91 Å². The lowest BCUT2D eigenvalue weighted by Crippen LogP contribution is -2.35. The first-order valence-corrected chi connectivity index (χ1v) is 10.5. The van der Waals surface area contributed by atoms with Crippen LogP contribution in [0.3, 0.4) is 0 Å². The van der Waals surface area contributed by atoms with Gasteiger partial charge in [-0.25, -0.2) is 4.98 Å². The van der Waals surface area contributed by atoms with Crippen molar-refractivity contribution in [1.29, 1.82) is 0 Å². The summed E-state index contributed by atoms with van der Waals surface area (Å²) in [5.41, 5.74) is 1.64. The molecule has 1 aliphatic rings. The van der Waals surface area contributed by atoms with Gasteiger partial charge in [0.1, 0.15) is 5.76 Å². The van der Waals surface area contributed by atoms with Crippen molar-refractivity contribution >= 4 is 17.2 Å². The van der Waals surface area contributed by atoms with E-state index in [0.29, 0.717) is 12.2 Å². The predicted octanol–water partition coefficient (Wildman–Crippen LogP) is 3.90. The van der Waals surface area contributed by atoms with E-state index < -0.39 is 0 Å². The van der Waals surface area contributed by atoms with Gasteiger partial charge in [-0.3, -0.25) is 9.69 Å². The summed E-state index contributed by atoms with van der Waals surface area (Å²) in [7, 11) is 0. The summed E-state index contributed by atoms with van der Waals surface area (Å²) < 4.78 is 5.28. The number of amides is 1. The SMILES string of the molecule is CC(C)c1cc(C(=O)N2CCCN(Cc3csc(C(C)(C)C)n3)CC2)no1. The largest absolute Gasteiger partial charge is 0.360 e. The molecule has 3 heterocycles. The Hall–Kier alpha value is -1.73. The number of hydrogen-bond donors (Lipinski definition) is 0. The summed E-state index contributed by atoms with van der Waals surface area (Å²) in [6.45, 7) is 14.8. The number of carbonyl (C=O) groups excluding carboxylic acids is 1. The summed E-state index contributed by atoms with van der Waals surface area (Å²) in [6.07, 6.45) is 0.955. The first kappa shape index (κ1) is 20.0. The van der Waals surface area contributed by atoms with Gasteiger partial charge in [-0.2, -0.15) is 0 Å². The fourth-order valence-electron chi connectivity index (χ4n) is 3.11. The monoisotopic (exact) mass is 390 g/mol. The van der Waals surface area contributed by atoms with Crippen LogP contribution < -0.4 is 0 Å². The van der Waals surface area contributed by atoms with Crippen molar-refractivity contribution in [2.24, 2.45) is 0 Å². The molecule has 1 aliphatic heterocycles. The van der Waals surface area contributed by atoms with Crippen LogP contribution in [0.2, 0.25) is 0 Å². The minimum Gasteiger partial charge on any atom is -0.360 e. The van der Waals surface area contributed by atoms with E-state index in [2.05, 4.69) is 36.2 Å². The minimum absolute atomic E-state index is 0.0313. The Labute approximate surface area is 165 Å². The number of carbonyl (C=O) groups is 1. The highest BCUT2D eigenvalue weighted by molar-refractivity contribution is 7.09.